The van der Waals surface area contributed by atoms with E-state index in [0.717, 1.165) is 57.8 Å². The van der Waals surface area contributed by atoms with Crippen LogP contribution in [0.4, 0.5) is 0 Å². The third kappa shape index (κ3) is 5.21. The van der Waals surface area contributed by atoms with Crippen molar-refractivity contribution in [3.05, 3.63) is 0 Å². The number of aliphatic hydroxyl groups excluding tert-OH is 1. The average molecular weight is 311 g/mol. The highest BCUT2D eigenvalue weighted by Gasteiger charge is 2.27. The lowest BCUT2D eigenvalue weighted by Crippen LogP contribution is -2.49. The molecule has 0 spiro atoms. The van der Waals surface area contributed by atoms with Crippen molar-refractivity contribution in [2.45, 2.75) is 38.7 Å². The summed E-state index contributed by atoms with van der Waals surface area (Å²) in [6, 6.07) is 0. The molecular formula is C17H33N3O2. The molecule has 1 heterocycles. The minimum Gasteiger partial charge on any atom is -0.390 e. The summed E-state index contributed by atoms with van der Waals surface area (Å²) in [6.07, 6.45) is 3.90. The van der Waals surface area contributed by atoms with Crippen molar-refractivity contribution < 1.29 is 9.90 Å². The number of rotatable bonds is 5. The maximum absolute atomic E-state index is 12.5. The molecule has 5 nitrogen and oxygen atoms in total. The van der Waals surface area contributed by atoms with E-state index in [-0.39, 0.29) is 11.8 Å². The smallest absolute Gasteiger partial charge is 0.225 e. The molecule has 128 valence electrons. The van der Waals surface area contributed by atoms with Crippen molar-refractivity contribution in [1.82, 2.24) is 14.7 Å². The minimum absolute atomic E-state index is 0.178. The third-order valence-electron chi connectivity index (χ3n) is 5.29. The molecule has 5 heteroatoms. The molecule has 22 heavy (non-hydrogen) atoms. The van der Waals surface area contributed by atoms with Gasteiger partial charge < -0.3 is 14.9 Å². The Balaban J connectivity index is 1.71. The number of hydrogen-bond acceptors (Lipinski definition) is 4. The quantitative estimate of drug-likeness (QED) is 0.819. The molecular weight excluding hydrogens is 278 g/mol. The second-order valence-electron chi connectivity index (χ2n) is 7.43. The molecule has 0 aromatic carbocycles. The number of likely N-dealkylation sites (N-methyl/N-ethyl adjacent to an activating group) is 2. The van der Waals surface area contributed by atoms with Crippen molar-refractivity contribution in [3.63, 3.8) is 0 Å². The van der Waals surface area contributed by atoms with Gasteiger partial charge in [-0.3, -0.25) is 9.69 Å². The number of carbonyl (C=O) groups excluding carboxylic acids is 1. The van der Waals surface area contributed by atoms with Crippen LogP contribution in [-0.4, -0.2) is 85.2 Å². The van der Waals surface area contributed by atoms with Gasteiger partial charge in [0.25, 0.3) is 0 Å². The highest BCUT2D eigenvalue weighted by atomic mass is 16.3. The monoisotopic (exact) mass is 311 g/mol. The molecule has 2 fully saturated rings. The summed E-state index contributed by atoms with van der Waals surface area (Å²) < 4.78 is 0. The number of aliphatic hydroxyl groups is 1. The van der Waals surface area contributed by atoms with Crippen molar-refractivity contribution in [2.24, 2.45) is 11.8 Å². The van der Waals surface area contributed by atoms with Gasteiger partial charge in [0.05, 0.1) is 6.10 Å². The predicted molar refractivity (Wildman–Crippen MR) is 88.7 cm³/mol. The number of hydrogen-bond donors (Lipinski definition) is 1. The Hall–Kier alpha value is -0.650. The summed E-state index contributed by atoms with van der Waals surface area (Å²) >= 11 is 0. The van der Waals surface area contributed by atoms with Crippen LogP contribution in [-0.2, 0) is 4.79 Å². The molecule has 1 unspecified atom stereocenters. The Labute approximate surface area is 135 Å². The first kappa shape index (κ1) is 17.7. The Morgan fingerprint density at radius 3 is 2.36 bits per heavy atom. The molecule has 0 aromatic heterocycles. The molecule has 1 saturated heterocycles. The van der Waals surface area contributed by atoms with E-state index in [2.05, 4.69) is 23.8 Å². The number of nitrogens with zero attached hydrogens (tertiary/aromatic N) is 3. The van der Waals surface area contributed by atoms with Gasteiger partial charge in [-0.2, -0.15) is 0 Å². The predicted octanol–water partition coefficient (Wildman–Crippen LogP) is 0.879. The largest absolute Gasteiger partial charge is 0.390 e. The summed E-state index contributed by atoms with van der Waals surface area (Å²) in [5, 5.41) is 10.3. The number of piperazine rings is 1. The Morgan fingerprint density at radius 1 is 1.18 bits per heavy atom. The van der Waals surface area contributed by atoms with E-state index in [4.69, 9.17) is 0 Å². The summed E-state index contributed by atoms with van der Waals surface area (Å²) in [5.74, 6) is 1.17. The number of amides is 1. The van der Waals surface area contributed by atoms with Crippen LogP contribution in [0.3, 0.4) is 0 Å². The van der Waals surface area contributed by atoms with Gasteiger partial charge in [0.1, 0.15) is 0 Å². The highest BCUT2D eigenvalue weighted by Crippen LogP contribution is 2.29. The number of β-amino-alcohol motifs (C(OH)–C–C–N with tert-alkyl or cyclic N) is 1. The van der Waals surface area contributed by atoms with Gasteiger partial charge >= 0.3 is 0 Å². The van der Waals surface area contributed by atoms with Crippen LogP contribution in [0.2, 0.25) is 0 Å². The molecule has 1 N–H and O–H groups in total. The van der Waals surface area contributed by atoms with Crippen molar-refractivity contribution >= 4 is 5.91 Å². The number of carbonyl (C=O) groups is 1. The van der Waals surface area contributed by atoms with Crippen molar-refractivity contribution in [3.8, 4) is 0 Å². The molecule has 0 radical (unpaired) electrons. The molecule has 2 rings (SSSR count). The van der Waals surface area contributed by atoms with Gasteiger partial charge in [-0.1, -0.05) is 6.92 Å². The lowest BCUT2D eigenvalue weighted by Gasteiger charge is -2.35. The second-order valence-corrected chi connectivity index (χ2v) is 7.43. The van der Waals surface area contributed by atoms with E-state index in [1.807, 2.05) is 7.05 Å². The third-order valence-corrected chi connectivity index (χ3v) is 5.29. The maximum Gasteiger partial charge on any atom is 0.225 e. The van der Waals surface area contributed by atoms with E-state index in [1.165, 1.54) is 0 Å². The van der Waals surface area contributed by atoms with E-state index < -0.39 is 6.10 Å². The maximum atomic E-state index is 12.5. The SMILES string of the molecule is CC1CCC(C(=O)N(C)CC(O)CN2CCN(C)CC2)CC1. The van der Waals surface area contributed by atoms with E-state index in [1.54, 1.807) is 4.90 Å². The molecule has 1 saturated carbocycles. The van der Waals surface area contributed by atoms with Crippen molar-refractivity contribution in [1.29, 1.82) is 0 Å². The first-order valence-corrected chi connectivity index (χ1v) is 8.79. The summed E-state index contributed by atoms with van der Waals surface area (Å²) in [7, 11) is 3.97. The first-order valence-electron chi connectivity index (χ1n) is 8.79. The van der Waals surface area contributed by atoms with Gasteiger partial charge in [-0.25, -0.2) is 0 Å². The fourth-order valence-electron chi connectivity index (χ4n) is 3.61. The first-order chi connectivity index (χ1) is 10.5. The highest BCUT2D eigenvalue weighted by molar-refractivity contribution is 5.78. The van der Waals surface area contributed by atoms with Crippen LogP contribution in [0.1, 0.15) is 32.6 Å². The zero-order valence-corrected chi connectivity index (χ0v) is 14.5. The summed E-state index contributed by atoms with van der Waals surface area (Å²) in [4.78, 5) is 18.8. The van der Waals surface area contributed by atoms with E-state index in [9.17, 15) is 9.90 Å². The summed E-state index contributed by atoms with van der Waals surface area (Å²) in [6.45, 7) is 7.52. The normalized spacial score (nSPS) is 29.3. The average Bonchev–Trinajstić information content (AvgIpc) is 2.49. The minimum atomic E-state index is -0.445. The fourth-order valence-corrected chi connectivity index (χ4v) is 3.61. The fraction of sp³-hybridized carbons (Fsp3) is 0.941. The molecule has 1 aliphatic carbocycles. The van der Waals surface area contributed by atoms with Crippen molar-refractivity contribution in [2.75, 3.05) is 53.4 Å². The molecule has 1 aliphatic heterocycles. The summed E-state index contributed by atoms with van der Waals surface area (Å²) in [5.41, 5.74) is 0. The van der Waals surface area contributed by atoms with Gasteiger partial charge in [-0.15, -0.1) is 0 Å². The lowest BCUT2D eigenvalue weighted by molar-refractivity contribution is -0.136. The van der Waals surface area contributed by atoms with E-state index >= 15 is 0 Å². The zero-order chi connectivity index (χ0) is 16.1. The Kier molecular flexibility index (Phi) is 6.66. The van der Waals surface area contributed by atoms with Crippen LogP contribution in [0.15, 0.2) is 0 Å². The second kappa shape index (κ2) is 8.27. The van der Waals surface area contributed by atoms with Gasteiger partial charge in [-0.05, 0) is 38.6 Å². The molecule has 1 amide bonds. The molecule has 0 bridgehead atoms. The topological polar surface area (TPSA) is 47.0 Å². The Bertz CT molecular complexity index is 348. The van der Waals surface area contributed by atoms with E-state index in [0.29, 0.717) is 13.1 Å². The molecule has 0 aromatic rings. The standard InChI is InChI=1S/C17H33N3O2/c1-14-4-6-15(7-5-14)17(22)19(3)12-16(21)13-20-10-8-18(2)9-11-20/h14-16,21H,4-13H2,1-3H3. The van der Waals surface area contributed by atoms with Crippen LogP contribution in [0, 0.1) is 11.8 Å². The molecule has 1 atom stereocenters. The van der Waals surface area contributed by atoms with Gasteiger partial charge in [0.2, 0.25) is 5.91 Å². The lowest BCUT2D eigenvalue weighted by atomic mass is 9.82. The zero-order valence-electron chi connectivity index (χ0n) is 14.5. The van der Waals surface area contributed by atoms with Gasteiger partial charge in [0, 0.05) is 52.2 Å². The van der Waals surface area contributed by atoms with Crippen LogP contribution in [0.25, 0.3) is 0 Å². The van der Waals surface area contributed by atoms with Gasteiger partial charge in [0.15, 0.2) is 0 Å². The molecule has 2 aliphatic rings. The van der Waals surface area contributed by atoms with Crippen LogP contribution >= 0.6 is 0 Å². The Morgan fingerprint density at radius 2 is 1.77 bits per heavy atom. The van der Waals surface area contributed by atoms with Crippen LogP contribution < -0.4 is 0 Å². The van der Waals surface area contributed by atoms with Crippen LogP contribution in [0.5, 0.6) is 0 Å².